The van der Waals surface area contributed by atoms with E-state index in [2.05, 4.69) is 6.92 Å². The van der Waals surface area contributed by atoms with Gasteiger partial charge in [0.15, 0.2) is 0 Å². The second-order valence-electron chi connectivity index (χ2n) is 3.50. The molecule has 4 heteroatoms. The van der Waals surface area contributed by atoms with Crippen LogP contribution in [0.15, 0.2) is 0 Å². The summed E-state index contributed by atoms with van der Waals surface area (Å²) in [5, 5.41) is 0. The van der Waals surface area contributed by atoms with E-state index >= 15 is 0 Å². The van der Waals surface area contributed by atoms with Crippen LogP contribution in [0.25, 0.3) is 0 Å². The van der Waals surface area contributed by atoms with Gasteiger partial charge >= 0.3 is 11.9 Å². The summed E-state index contributed by atoms with van der Waals surface area (Å²) >= 11 is 0. The molecule has 88 valence electrons. The fourth-order valence-electron chi connectivity index (χ4n) is 1.26. The highest BCUT2D eigenvalue weighted by atomic mass is 16.6. The first-order valence-corrected chi connectivity index (χ1v) is 5.36. The highest BCUT2D eigenvalue weighted by Gasteiger charge is 2.11. The van der Waals surface area contributed by atoms with Crippen LogP contribution in [0.3, 0.4) is 0 Å². The molecule has 1 atom stereocenters. The number of esters is 2. The highest BCUT2D eigenvalue weighted by molar-refractivity contribution is 5.66. The van der Waals surface area contributed by atoms with Gasteiger partial charge in [-0.3, -0.25) is 9.59 Å². The Kier molecular flexibility index (Phi) is 7.68. The molecule has 0 bridgehead atoms. The minimum Gasteiger partial charge on any atom is -0.466 e. The Morgan fingerprint density at radius 2 is 1.80 bits per heavy atom. The Bertz CT molecular complexity index is 201. The zero-order chi connectivity index (χ0) is 11.7. The largest absolute Gasteiger partial charge is 0.466 e. The molecule has 0 saturated heterocycles. The van der Waals surface area contributed by atoms with Gasteiger partial charge in [0.05, 0.1) is 6.61 Å². The first kappa shape index (κ1) is 13.9. The van der Waals surface area contributed by atoms with Crippen molar-refractivity contribution in [2.75, 3.05) is 6.61 Å². The molecule has 0 aromatic carbocycles. The van der Waals surface area contributed by atoms with E-state index in [0.717, 1.165) is 19.3 Å². The van der Waals surface area contributed by atoms with Gasteiger partial charge in [0.1, 0.15) is 6.10 Å². The van der Waals surface area contributed by atoms with Gasteiger partial charge in [0.2, 0.25) is 0 Å². The van der Waals surface area contributed by atoms with Crippen molar-refractivity contribution in [2.45, 2.75) is 52.6 Å². The average Bonchev–Trinajstić information content (AvgIpc) is 2.12. The summed E-state index contributed by atoms with van der Waals surface area (Å²) in [5.41, 5.74) is 0. The van der Waals surface area contributed by atoms with Crippen LogP contribution in [0.1, 0.15) is 46.5 Å². The fraction of sp³-hybridized carbons (Fsp3) is 0.818. The average molecular weight is 216 g/mol. The van der Waals surface area contributed by atoms with Crippen LogP contribution >= 0.6 is 0 Å². The van der Waals surface area contributed by atoms with Crippen LogP contribution in [-0.2, 0) is 19.1 Å². The molecular weight excluding hydrogens is 196 g/mol. The van der Waals surface area contributed by atoms with E-state index in [4.69, 9.17) is 9.47 Å². The van der Waals surface area contributed by atoms with E-state index in [-0.39, 0.29) is 18.0 Å². The number of ether oxygens (including phenoxy) is 2. The smallest absolute Gasteiger partial charge is 0.302 e. The Labute approximate surface area is 90.9 Å². The third kappa shape index (κ3) is 9.25. The van der Waals surface area contributed by atoms with E-state index in [9.17, 15) is 9.59 Å². The standard InChI is InChI=1S/C11H20O4/c1-4-5-6-11(15-10(3)13)7-8-14-9(2)12/h11H,4-8H2,1-3H3. The maximum atomic E-state index is 10.8. The Morgan fingerprint density at radius 3 is 2.27 bits per heavy atom. The summed E-state index contributed by atoms with van der Waals surface area (Å²) in [6.07, 6.45) is 3.36. The van der Waals surface area contributed by atoms with Crippen LogP contribution in [0.2, 0.25) is 0 Å². The normalized spacial score (nSPS) is 11.9. The lowest BCUT2D eigenvalue weighted by Crippen LogP contribution is -2.19. The van der Waals surface area contributed by atoms with Crippen molar-refractivity contribution >= 4 is 11.9 Å². The third-order valence-electron chi connectivity index (χ3n) is 1.96. The molecule has 0 spiro atoms. The number of carbonyl (C=O) groups is 2. The van der Waals surface area contributed by atoms with Crippen molar-refractivity contribution in [1.82, 2.24) is 0 Å². The zero-order valence-electron chi connectivity index (χ0n) is 9.75. The van der Waals surface area contributed by atoms with Gasteiger partial charge in [-0.25, -0.2) is 0 Å². The lowest BCUT2D eigenvalue weighted by molar-refractivity contribution is -0.148. The molecule has 0 N–H and O–H groups in total. The van der Waals surface area contributed by atoms with Gasteiger partial charge in [0, 0.05) is 20.3 Å². The predicted octanol–water partition coefficient (Wildman–Crippen LogP) is 2.06. The van der Waals surface area contributed by atoms with Gasteiger partial charge < -0.3 is 9.47 Å². The Hall–Kier alpha value is -1.06. The molecule has 1 unspecified atom stereocenters. The summed E-state index contributed by atoms with van der Waals surface area (Å²) in [6.45, 7) is 5.16. The Morgan fingerprint density at radius 1 is 1.13 bits per heavy atom. The number of rotatable bonds is 7. The van der Waals surface area contributed by atoms with Crippen molar-refractivity contribution in [3.05, 3.63) is 0 Å². The van der Waals surface area contributed by atoms with Crippen LogP contribution in [0, 0.1) is 0 Å². The molecule has 0 aliphatic carbocycles. The van der Waals surface area contributed by atoms with E-state index < -0.39 is 0 Å². The molecule has 15 heavy (non-hydrogen) atoms. The molecule has 0 heterocycles. The highest BCUT2D eigenvalue weighted by Crippen LogP contribution is 2.09. The lowest BCUT2D eigenvalue weighted by atomic mass is 10.1. The summed E-state index contributed by atoms with van der Waals surface area (Å²) in [4.78, 5) is 21.3. The quantitative estimate of drug-likeness (QED) is 0.611. The molecule has 0 amide bonds. The van der Waals surface area contributed by atoms with Gasteiger partial charge in [-0.2, -0.15) is 0 Å². The van der Waals surface area contributed by atoms with Crippen LogP contribution in [0.5, 0.6) is 0 Å². The molecule has 0 aromatic heterocycles. The number of unbranched alkanes of at least 4 members (excludes halogenated alkanes) is 1. The van der Waals surface area contributed by atoms with Crippen molar-refractivity contribution in [3.63, 3.8) is 0 Å². The van der Waals surface area contributed by atoms with Crippen molar-refractivity contribution in [3.8, 4) is 0 Å². The van der Waals surface area contributed by atoms with Gasteiger partial charge in [0.25, 0.3) is 0 Å². The maximum Gasteiger partial charge on any atom is 0.302 e. The molecule has 0 aliphatic rings. The molecule has 0 fully saturated rings. The summed E-state index contributed by atoms with van der Waals surface area (Å²) in [5.74, 6) is -0.578. The molecule has 0 aromatic rings. The van der Waals surface area contributed by atoms with Crippen molar-refractivity contribution in [2.24, 2.45) is 0 Å². The van der Waals surface area contributed by atoms with E-state index in [1.54, 1.807) is 0 Å². The van der Waals surface area contributed by atoms with Crippen LogP contribution in [-0.4, -0.2) is 24.6 Å². The molecule has 0 saturated carbocycles. The molecule has 4 nitrogen and oxygen atoms in total. The molecule has 0 radical (unpaired) electrons. The molecular formula is C11H20O4. The Balaban J connectivity index is 3.78. The van der Waals surface area contributed by atoms with E-state index in [0.29, 0.717) is 13.0 Å². The summed E-state index contributed by atoms with van der Waals surface area (Å²) in [7, 11) is 0. The first-order valence-electron chi connectivity index (χ1n) is 5.36. The SMILES string of the molecule is CCCCC(CCOC(C)=O)OC(C)=O. The third-order valence-corrected chi connectivity index (χ3v) is 1.96. The topological polar surface area (TPSA) is 52.6 Å². The fourth-order valence-corrected chi connectivity index (χ4v) is 1.26. The van der Waals surface area contributed by atoms with Crippen molar-refractivity contribution < 1.29 is 19.1 Å². The number of hydrogen-bond donors (Lipinski definition) is 0. The monoisotopic (exact) mass is 216 g/mol. The minimum atomic E-state index is -0.299. The minimum absolute atomic E-state index is 0.123. The molecule has 0 rings (SSSR count). The first-order chi connectivity index (χ1) is 7.06. The number of hydrogen-bond acceptors (Lipinski definition) is 4. The second kappa shape index (κ2) is 8.26. The predicted molar refractivity (Wildman–Crippen MR) is 56.3 cm³/mol. The number of carbonyl (C=O) groups excluding carboxylic acids is 2. The van der Waals surface area contributed by atoms with E-state index in [1.807, 2.05) is 0 Å². The van der Waals surface area contributed by atoms with Gasteiger partial charge in [-0.1, -0.05) is 19.8 Å². The summed E-state index contributed by atoms with van der Waals surface area (Å²) in [6, 6.07) is 0. The molecule has 0 aliphatic heterocycles. The van der Waals surface area contributed by atoms with Crippen LogP contribution < -0.4 is 0 Å². The summed E-state index contributed by atoms with van der Waals surface area (Å²) < 4.78 is 9.91. The van der Waals surface area contributed by atoms with Crippen LogP contribution in [0.4, 0.5) is 0 Å². The second-order valence-corrected chi connectivity index (χ2v) is 3.50. The van der Waals surface area contributed by atoms with Gasteiger partial charge in [-0.05, 0) is 6.42 Å². The van der Waals surface area contributed by atoms with Crippen molar-refractivity contribution in [1.29, 1.82) is 0 Å². The zero-order valence-corrected chi connectivity index (χ0v) is 9.75. The lowest BCUT2D eigenvalue weighted by Gasteiger charge is -2.16. The van der Waals surface area contributed by atoms with E-state index in [1.165, 1.54) is 13.8 Å². The van der Waals surface area contributed by atoms with Gasteiger partial charge in [-0.15, -0.1) is 0 Å². The maximum absolute atomic E-state index is 10.8.